The maximum absolute atomic E-state index is 4.60. The van der Waals surface area contributed by atoms with Gasteiger partial charge in [-0.3, -0.25) is 15.1 Å². The summed E-state index contributed by atoms with van der Waals surface area (Å²) >= 11 is 1.71. The first-order chi connectivity index (χ1) is 17.1. The molecule has 0 aliphatic heterocycles. The molecule has 6 heterocycles. The lowest BCUT2D eigenvalue weighted by Gasteiger charge is -2.13. The third kappa shape index (κ3) is 3.87. The summed E-state index contributed by atoms with van der Waals surface area (Å²) in [6.07, 6.45) is 9.24. The summed E-state index contributed by atoms with van der Waals surface area (Å²) < 4.78 is 0. The fraction of sp³-hybridized carbons (Fsp3) is 0.111. The second kappa shape index (κ2) is 8.48. The molecule has 0 amide bonds. The van der Waals surface area contributed by atoms with Crippen molar-refractivity contribution in [2.45, 2.75) is 13.8 Å². The highest BCUT2D eigenvalue weighted by Gasteiger charge is 2.15. The maximum Gasteiger partial charge on any atom is 0.181 e. The van der Waals surface area contributed by atoms with Gasteiger partial charge >= 0.3 is 0 Å². The molecule has 0 fully saturated rings. The molecule has 6 aromatic heterocycles. The molecule has 6 aromatic rings. The Morgan fingerprint density at radius 1 is 1.00 bits per heavy atom. The van der Waals surface area contributed by atoms with E-state index in [1.165, 1.54) is 4.88 Å². The fourth-order valence-corrected chi connectivity index (χ4v) is 4.82. The number of H-pyrrole nitrogens is 2. The van der Waals surface area contributed by atoms with Gasteiger partial charge in [0.2, 0.25) is 0 Å². The zero-order valence-electron chi connectivity index (χ0n) is 19.3. The van der Waals surface area contributed by atoms with Gasteiger partial charge in [0.05, 0.1) is 35.0 Å². The van der Waals surface area contributed by atoms with Gasteiger partial charge in [-0.1, -0.05) is 26.5 Å². The second-order valence-electron chi connectivity index (χ2n) is 8.77. The Balaban J connectivity index is 1.41. The summed E-state index contributed by atoms with van der Waals surface area (Å²) in [7, 11) is 0. The van der Waals surface area contributed by atoms with E-state index in [2.05, 4.69) is 91.6 Å². The van der Waals surface area contributed by atoms with Crippen LogP contribution >= 0.6 is 11.3 Å². The average molecular weight is 478 g/mol. The quantitative estimate of drug-likeness (QED) is 0.243. The molecule has 8 heteroatoms. The van der Waals surface area contributed by atoms with Crippen LogP contribution in [0.4, 0.5) is 5.69 Å². The third-order valence-electron chi connectivity index (χ3n) is 6.08. The Morgan fingerprint density at radius 2 is 1.86 bits per heavy atom. The van der Waals surface area contributed by atoms with Crippen molar-refractivity contribution in [2.24, 2.45) is 5.92 Å². The van der Waals surface area contributed by atoms with E-state index in [1.54, 1.807) is 17.5 Å². The number of nitrogens with one attached hydrogen (secondary N) is 3. The molecule has 0 aliphatic carbocycles. The van der Waals surface area contributed by atoms with Gasteiger partial charge in [0, 0.05) is 56.6 Å². The smallest absolute Gasteiger partial charge is 0.181 e. The molecule has 172 valence electrons. The van der Waals surface area contributed by atoms with Crippen LogP contribution in [0.15, 0.2) is 79.0 Å². The number of fused-ring (bicyclic) bond motifs is 2. The Kier molecular flexibility index (Phi) is 5.15. The molecule has 0 radical (unpaired) electrons. The SMILES string of the molecule is C=C(Nc1cncc(-c2cnc3n[nH]c(-c4cc5c(-c6cccs6)cncc5[nH]4)c3c2)c1)C(C)C. The number of allylic oxidation sites excluding steroid dienone is 1. The van der Waals surface area contributed by atoms with E-state index in [0.717, 1.165) is 55.8 Å². The number of hydrogen-bond acceptors (Lipinski definition) is 6. The fourth-order valence-electron chi connectivity index (χ4n) is 4.07. The van der Waals surface area contributed by atoms with E-state index < -0.39 is 0 Å². The van der Waals surface area contributed by atoms with Crippen molar-refractivity contribution in [2.75, 3.05) is 5.32 Å². The number of anilines is 1. The molecule has 0 bridgehead atoms. The van der Waals surface area contributed by atoms with Crippen LogP contribution in [0.3, 0.4) is 0 Å². The monoisotopic (exact) mass is 477 g/mol. The van der Waals surface area contributed by atoms with E-state index in [-0.39, 0.29) is 0 Å². The van der Waals surface area contributed by atoms with Gasteiger partial charge in [-0.05, 0) is 35.6 Å². The predicted molar refractivity (Wildman–Crippen MR) is 143 cm³/mol. The average Bonchev–Trinajstić information content (AvgIpc) is 3.62. The van der Waals surface area contributed by atoms with Gasteiger partial charge in [0.1, 0.15) is 0 Å². The highest BCUT2D eigenvalue weighted by atomic mass is 32.1. The normalized spacial score (nSPS) is 11.5. The lowest BCUT2D eigenvalue weighted by atomic mass is 10.1. The van der Waals surface area contributed by atoms with Crippen LogP contribution in [0.25, 0.3) is 54.9 Å². The minimum atomic E-state index is 0.331. The number of hydrogen-bond donors (Lipinski definition) is 3. The first-order valence-corrected chi connectivity index (χ1v) is 12.2. The first-order valence-electron chi connectivity index (χ1n) is 11.3. The lowest BCUT2D eigenvalue weighted by molar-refractivity contribution is 0.778. The van der Waals surface area contributed by atoms with Crippen molar-refractivity contribution >= 4 is 39.0 Å². The number of nitrogens with zero attached hydrogens (tertiary/aromatic N) is 4. The number of rotatable bonds is 6. The highest BCUT2D eigenvalue weighted by molar-refractivity contribution is 7.13. The van der Waals surface area contributed by atoms with Crippen LogP contribution in [-0.4, -0.2) is 30.1 Å². The number of pyridine rings is 3. The molecule has 35 heavy (non-hydrogen) atoms. The molecule has 0 saturated heterocycles. The van der Waals surface area contributed by atoms with Gasteiger partial charge in [-0.25, -0.2) is 4.98 Å². The topological polar surface area (TPSA) is 95.2 Å². The van der Waals surface area contributed by atoms with Crippen LogP contribution < -0.4 is 5.32 Å². The molecule has 3 N–H and O–H groups in total. The second-order valence-corrected chi connectivity index (χ2v) is 9.72. The van der Waals surface area contributed by atoms with Crippen molar-refractivity contribution in [3.63, 3.8) is 0 Å². The van der Waals surface area contributed by atoms with E-state index in [0.29, 0.717) is 11.6 Å². The van der Waals surface area contributed by atoms with Gasteiger partial charge in [0.15, 0.2) is 5.65 Å². The van der Waals surface area contributed by atoms with Crippen molar-refractivity contribution < 1.29 is 0 Å². The van der Waals surface area contributed by atoms with Crippen molar-refractivity contribution in [1.82, 2.24) is 30.1 Å². The minimum Gasteiger partial charge on any atom is -0.358 e. The number of thiophene rings is 1. The van der Waals surface area contributed by atoms with E-state index in [4.69, 9.17) is 0 Å². The zero-order chi connectivity index (χ0) is 23.9. The molecule has 0 atom stereocenters. The van der Waals surface area contributed by atoms with E-state index >= 15 is 0 Å². The van der Waals surface area contributed by atoms with Crippen molar-refractivity contribution in [3.05, 3.63) is 79.0 Å². The minimum absolute atomic E-state index is 0.331. The molecular weight excluding hydrogens is 454 g/mol. The predicted octanol–water partition coefficient (Wildman–Crippen LogP) is 6.87. The Hall–Kier alpha value is -4.30. The maximum atomic E-state index is 4.60. The number of aromatic nitrogens is 6. The van der Waals surface area contributed by atoms with Crippen molar-refractivity contribution in [3.8, 4) is 33.0 Å². The van der Waals surface area contributed by atoms with Crippen LogP contribution in [0.2, 0.25) is 0 Å². The van der Waals surface area contributed by atoms with Crippen LogP contribution in [0, 0.1) is 5.92 Å². The van der Waals surface area contributed by atoms with Gasteiger partial charge < -0.3 is 10.3 Å². The van der Waals surface area contributed by atoms with Crippen molar-refractivity contribution in [1.29, 1.82) is 0 Å². The summed E-state index contributed by atoms with van der Waals surface area (Å²) in [6.45, 7) is 8.31. The van der Waals surface area contributed by atoms with Gasteiger partial charge in [-0.15, -0.1) is 11.3 Å². The molecule has 0 spiro atoms. The summed E-state index contributed by atoms with van der Waals surface area (Å²) in [5, 5.41) is 15.1. The molecular formula is C27H23N7S. The Labute approximate surface area is 206 Å². The zero-order valence-corrected chi connectivity index (χ0v) is 20.1. The molecule has 0 saturated carbocycles. The van der Waals surface area contributed by atoms with E-state index in [1.807, 2.05) is 24.8 Å². The van der Waals surface area contributed by atoms with Crippen LogP contribution in [0.5, 0.6) is 0 Å². The van der Waals surface area contributed by atoms with E-state index in [9.17, 15) is 0 Å². The Morgan fingerprint density at radius 3 is 2.69 bits per heavy atom. The molecule has 0 aromatic carbocycles. The first kappa shape index (κ1) is 21.2. The Bertz CT molecular complexity index is 1670. The molecule has 0 unspecified atom stereocenters. The summed E-state index contributed by atoms with van der Waals surface area (Å²) in [4.78, 5) is 18.1. The van der Waals surface area contributed by atoms with Gasteiger partial charge in [-0.2, -0.15) is 5.10 Å². The molecule has 0 aliphatic rings. The van der Waals surface area contributed by atoms with Crippen LogP contribution in [-0.2, 0) is 0 Å². The summed E-state index contributed by atoms with van der Waals surface area (Å²) in [5.41, 5.74) is 8.36. The highest BCUT2D eigenvalue weighted by Crippen LogP contribution is 2.35. The standard InChI is InChI=1S/C27H23N7S/c1-15(2)16(3)31-19-7-17(10-28-12-19)18-8-21-26(33-34-27(21)30-11-18)23-9-20-22(25-5-4-6-35-25)13-29-14-24(20)32-23/h4-15,31-32H,3H2,1-2H3,(H,30,33,34). The van der Waals surface area contributed by atoms with Crippen LogP contribution in [0.1, 0.15) is 13.8 Å². The van der Waals surface area contributed by atoms with Gasteiger partial charge in [0.25, 0.3) is 0 Å². The molecule has 6 rings (SSSR count). The summed E-state index contributed by atoms with van der Waals surface area (Å²) in [5.74, 6) is 0.331. The largest absolute Gasteiger partial charge is 0.358 e. The third-order valence-corrected chi connectivity index (χ3v) is 6.99. The number of aromatic amines is 2. The molecule has 7 nitrogen and oxygen atoms in total. The lowest BCUT2D eigenvalue weighted by Crippen LogP contribution is -2.04. The summed E-state index contributed by atoms with van der Waals surface area (Å²) in [6, 6.07) is 10.5.